The first-order valence-corrected chi connectivity index (χ1v) is 6.12. The number of benzene rings is 2. The Morgan fingerprint density at radius 3 is 2.67 bits per heavy atom. The molecule has 94 valence electrons. The van der Waals surface area contributed by atoms with Crippen LogP contribution in [-0.2, 0) is 6.42 Å². The standard InChI is InChI=1S/C15H14ClFO/c1-10-5-12(9-14(17)6-10)15(18)8-11-3-2-4-13(16)7-11/h2-7,9,15,18H,8H2,1H3. The molecule has 0 bridgehead atoms. The fraction of sp³-hybridized carbons (Fsp3) is 0.200. The lowest BCUT2D eigenvalue weighted by Gasteiger charge is -2.12. The Kier molecular flexibility index (Phi) is 4.00. The van der Waals surface area contributed by atoms with Crippen molar-refractivity contribution in [2.45, 2.75) is 19.4 Å². The van der Waals surface area contributed by atoms with E-state index in [1.54, 1.807) is 25.1 Å². The van der Waals surface area contributed by atoms with Crippen molar-refractivity contribution >= 4 is 11.6 Å². The van der Waals surface area contributed by atoms with Crippen LogP contribution in [0, 0.1) is 12.7 Å². The number of hydrogen-bond acceptors (Lipinski definition) is 1. The van der Waals surface area contributed by atoms with E-state index < -0.39 is 6.10 Å². The van der Waals surface area contributed by atoms with Crippen LogP contribution < -0.4 is 0 Å². The highest BCUT2D eigenvalue weighted by molar-refractivity contribution is 6.30. The fourth-order valence-corrected chi connectivity index (χ4v) is 2.17. The lowest BCUT2D eigenvalue weighted by Crippen LogP contribution is -2.02. The molecule has 2 aromatic rings. The van der Waals surface area contributed by atoms with Crippen molar-refractivity contribution in [3.8, 4) is 0 Å². The van der Waals surface area contributed by atoms with E-state index >= 15 is 0 Å². The van der Waals surface area contributed by atoms with Crippen LogP contribution in [0.4, 0.5) is 4.39 Å². The summed E-state index contributed by atoms with van der Waals surface area (Å²) in [5.41, 5.74) is 2.32. The van der Waals surface area contributed by atoms with Gasteiger partial charge >= 0.3 is 0 Å². The molecule has 1 nitrogen and oxygen atoms in total. The highest BCUT2D eigenvalue weighted by Gasteiger charge is 2.10. The monoisotopic (exact) mass is 264 g/mol. The van der Waals surface area contributed by atoms with Crippen LogP contribution in [-0.4, -0.2) is 5.11 Å². The van der Waals surface area contributed by atoms with Crippen LogP contribution >= 0.6 is 11.6 Å². The first-order valence-electron chi connectivity index (χ1n) is 5.74. The number of hydrogen-bond donors (Lipinski definition) is 1. The van der Waals surface area contributed by atoms with E-state index in [1.165, 1.54) is 12.1 Å². The van der Waals surface area contributed by atoms with E-state index in [0.29, 0.717) is 17.0 Å². The van der Waals surface area contributed by atoms with Crippen molar-refractivity contribution in [1.82, 2.24) is 0 Å². The SMILES string of the molecule is Cc1cc(F)cc(C(O)Cc2cccc(Cl)c2)c1. The van der Waals surface area contributed by atoms with Crippen LogP contribution in [0.25, 0.3) is 0 Å². The molecular weight excluding hydrogens is 251 g/mol. The minimum absolute atomic E-state index is 0.324. The molecule has 2 aromatic carbocycles. The number of halogens is 2. The van der Waals surface area contributed by atoms with Gasteiger partial charge in [0.05, 0.1) is 6.10 Å². The summed E-state index contributed by atoms with van der Waals surface area (Å²) in [6.45, 7) is 1.80. The molecule has 0 spiro atoms. The molecule has 3 heteroatoms. The second-order valence-electron chi connectivity index (χ2n) is 4.41. The highest BCUT2D eigenvalue weighted by atomic mass is 35.5. The van der Waals surface area contributed by atoms with Crippen LogP contribution in [0.15, 0.2) is 42.5 Å². The molecule has 0 amide bonds. The van der Waals surface area contributed by atoms with Crippen LogP contribution in [0.5, 0.6) is 0 Å². The van der Waals surface area contributed by atoms with Crippen molar-refractivity contribution < 1.29 is 9.50 Å². The van der Waals surface area contributed by atoms with Gasteiger partial charge in [-0.25, -0.2) is 4.39 Å². The summed E-state index contributed by atoms with van der Waals surface area (Å²) in [5.74, 6) is -0.324. The Labute approximate surface area is 111 Å². The minimum atomic E-state index is -0.724. The topological polar surface area (TPSA) is 20.2 Å². The van der Waals surface area contributed by atoms with E-state index in [2.05, 4.69) is 0 Å². The van der Waals surface area contributed by atoms with Gasteiger partial charge in [0.25, 0.3) is 0 Å². The summed E-state index contributed by atoms with van der Waals surface area (Å²) in [6.07, 6.45) is -0.304. The van der Waals surface area contributed by atoms with Crippen molar-refractivity contribution in [2.75, 3.05) is 0 Å². The third-order valence-electron chi connectivity index (χ3n) is 2.77. The number of aliphatic hydroxyl groups is 1. The molecule has 1 N–H and O–H groups in total. The normalized spacial score (nSPS) is 12.4. The molecule has 0 aliphatic heterocycles. The van der Waals surface area contributed by atoms with Crippen LogP contribution in [0.2, 0.25) is 5.02 Å². The van der Waals surface area contributed by atoms with Gasteiger partial charge in [0, 0.05) is 11.4 Å². The zero-order valence-corrected chi connectivity index (χ0v) is 10.8. The second kappa shape index (κ2) is 5.51. The fourth-order valence-electron chi connectivity index (χ4n) is 1.96. The summed E-state index contributed by atoms with van der Waals surface area (Å²) < 4.78 is 13.3. The number of aliphatic hydroxyl groups excluding tert-OH is 1. The third kappa shape index (κ3) is 3.31. The Balaban J connectivity index is 2.19. The number of rotatable bonds is 3. The second-order valence-corrected chi connectivity index (χ2v) is 4.85. The van der Waals surface area contributed by atoms with E-state index in [-0.39, 0.29) is 5.82 Å². The van der Waals surface area contributed by atoms with Crippen molar-refractivity contribution in [1.29, 1.82) is 0 Å². The number of aryl methyl sites for hydroxylation is 1. The molecule has 0 fully saturated rings. The van der Waals surface area contributed by atoms with Crippen LogP contribution in [0.3, 0.4) is 0 Å². The molecule has 0 heterocycles. The Hall–Kier alpha value is -1.38. The average Bonchev–Trinajstić information content (AvgIpc) is 2.27. The summed E-state index contributed by atoms with van der Waals surface area (Å²) in [4.78, 5) is 0. The summed E-state index contributed by atoms with van der Waals surface area (Å²) in [5, 5.41) is 10.7. The van der Waals surface area contributed by atoms with E-state index in [4.69, 9.17) is 11.6 Å². The van der Waals surface area contributed by atoms with Gasteiger partial charge in [0.2, 0.25) is 0 Å². The molecule has 0 aromatic heterocycles. The van der Waals surface area contributed by atoms with Gasteiger partial charge in [-0.15, -0.1) is 0 Å². The molecule has 0 radical (unpaired) electrons. The smallest absolute Gasteiger partial charge is 0.123 e. The van der Waals surface area contributed by atoms with Crippen molar-refractivity contribution in [2.24, 2.45) is 0 Å². The lowest BCUT2D eigenvalue weighted by atomic mass is 10.00. The molecule has 18 heavy (non-hydrogen) atoms. The molecule has 0 aliphatic carbocycles. The van der Waals surface area contributed by atoms with E-state index in [0.717, 1.165) is 11.1 Å². The first-order chi connectivity index (χ1) is 8.54. The molecule has 0 aliphatic rings. The van der Waals surface area contributed by atoms with Gasteiger partial charge in [-0.1, -0.05) is 29.8 Å². The maximum absolute atomic E-state index is 13.3. The van der Waals surface area contributed by atoms with E-state index in [1.807, 2.05) is 12.1 Å². The molecule has 1 atom stereocenters. The van der Waals surface area contributed by atoms with E-state index in [9.17, 15) is 9.50 Å². The Morgan fingerprint density at radius 1 is 1.22 bits per heavy atom. The average molecular weight is 265 g/mol. The van der Waals surface area contributed by atoms with Gasteiger partial charge in [-0.2, -0.15) is 0 Å². The van der Waals surface area contributed by atoms with Crippen molar-refractivity contribution in [3.05, 3.63) is 70.0 Å². The predicted octanol–water partition coefficient (Wildman–Crippen LogP) is 4.06. The molecule has 0 saturated carbocycles. The largest absolute Gasteiger partial charge is 0.388 e. The summed E-state index contributed by atoms with van der Waals surface area (Å²) in [7, 11) is 0. The molecule has 1 unspecified atom stereocenters. The van der Waals surface area contributed by atoms with Crippen molar-refractivity contribution in [3.63, 3.8) is 0 Å². The Bertz CT molecular complexity index is 534. The molecule has 2 rings (SSSR count). The van der Waals surface area contributed by atoms with Gasteiger partial charge < -0.3 is 5.11 Å². The Morgan fingerprint density at radius 2 is 2.00 bits per heavy atom. The zero-order chi connectivity index (χ0) is 13.1. The van der Waals surface area contributed by atoms with Gasteiger partial charge in [-0.3, -0.25) is 0 Å². The molecular formula is C15H14ClFO. The maximum Gasteiger partial charge on any atom is 0.123 e. The first kappa shape index (κ1) is 13.1. The maximum atomic E-state index is 13.3. The van der Waals surface area contributed by atoms with Gasteiger partial charge in [-0.05, 0) is 47.9 Å². The van der Waals surface area contributed by atoms with Crippen LogP contribution in [0.1, 0.15) is 22.8 Å². The predicted molar refractivity (Wildman–Crippen MR) is 71.3 cm³/mol. The highest BCUT2D eigenvalue weighted by Crippen LogP contribution is 2.22. The zero-order valence-electron chi connectivity index (χ0n) is 10.0. The summed E-state index contributed by atoms with van der Waals surface area (Å²) >= 11 is 5.88. The lowest BCUT2D eigenvalue weighted by molar-refractivity contribution is 0.178. The summed E-state index contributed by atoms with van der Waals surface area (Å²) in [6, 6.07) is 11.9. The minimum Gasteiger partial charge on any atom is -0.388 e. The quantitative estimate of drug-likeness (QED) is 0.886. The molecule has 0 saturated heterocycles. The van der Waals surface area contributed by atoms with Gasteiger partial charge in [0.15, 0.2) is 0 Å². The third-order valence-corrected chi connectivity index (χ3v) is 3.00. The van der Waals surface area contributed by atoms with Gasteiger partial charge in [0.1, 0.15) is 5.82 Å².